The molecule has 1 saturated carbocycles. The third kappa shape index (κ3) is 3.46. The second kappa shape index (κ2) is 7.11. The lowest BCUT2D eigenvalue weighted by Crippen LogP contribution is -2.40. The highest BCUT2D eigenvalue weighted by Crippen LogP contribution is 2.42. The fourth-order valence-corrected chi connectivity index (χ4v) is 4.75. The number of carbonyl (C=O) groups excluding carboxylic acids is 2. The van der Waals surface area contributed by atoms with Gasteiger partial charge in [-0.3, -0.25) is 4.79 Å². The standard InChI is InChI=1S/C20H23N3O2S/c21-20(25)22-16(18-6-3-11-26-18)12-19(24)23(14-8-9-14)17-10-7-13-4-1-2-5-15(13)17/h1-6,11,14,16-17H,7-10,12H2,(H3,21,22,25). The summed E-state index contributed by atoms with van der Waals surface area (Å²) in [7, 11) is 0. The number of nitrogens with two attached hydrogens (primary N) is 1. The van der Waals surface area contributed by atoms with Crippen LogP contribution in [0.2, 0.25) is 0 Å². The monoisotopic (exact) mass is 369 g/mol. The predicted molar refractivity (Wildman–Crippen MR) is 102 cm³/mol. The van der Waals surface area contributed by atoms with Gasteiger partial charge in [0.1, 0.15) is 0 Å². The molecule has 1 heterocycles. The first-order valence-corrected chi connectivity index (χ1v) is 10.00. The van der Waals surface area contributed by atoms with Crippen molar-refractivity contribution in [3.63, 3.8) is 0 Å². The topological polar surface area (TPSA) is 75.4 Å². The highest BCUT2D eigenvalue weighted by molar-refractivity contribution is 7.10. The van der Waals surface area contributed by atoms with Gasteiger partial charge in [0.2, 0.25) is 5.91 Å². The molecule has 2 aliphatic rings. The van der Waals surface area contributed by atoms with Crippen molar-refractivity contribution in [2.24, 2.45) is 5.73 Å². The second-order valence-electron chi connectivity index (χ2n) is 7.07. The van der Waals surface area contributed by atoms with Crippen molar-refractivity contribution < 1.29 is 9.59 Å². The second-order valence-corrected chi connectivity index (χ2v) is 8.05. The molecule has 136 valence electrons. The van der Waals surface area contributed by atoms with Crippen LogP contribution in [0.15, 0.2) is 41.8 Å². The number of benzene rings is 1. The van der Waals surface area contributed by atoms with Gasteiger partial charge in [-0.15, -0.1) is 11.3 Å². The summed E-state index contributed by atoms with van der Waals surface area (Å²) in [5, 5.41) is 4.68. The van der Waals surface area contributed by atoms with Crippen LogP contribution in [0.25, 0.3) is 0 Å². The van der Waals surface area contributed by atoms with Gasteiger partial charge >= 0.3 is 6.03 Å². The maximum atomic E-state index is 13.2. The number of nitrogens with one attached hydrogen (secondary N) is 1. The Balaban J connectivity index is 1.55. The van der Waals surface area contributed by atoms with Crippen molar-refractivity contribution >= 4 is 23.3 Å². The number of fused-ring (bicyclic) bond motifs is 1. The van der Waals surface area contributed by atoms with E-state index in [4.69, 9.17) is 5.73 Å². The first-order chi connectivity index (χ1) is 12.6. The van der Waals surface area contributed by atoms with Crippen LogP contribution >= 0.6 is 11.3 Å². The third-order valence-corrected chi connectivity index (χ3v) is 6.23. The predicted octanol–water partition coefficient (Wildman–Crippen LogP) is 3.53. The quantitative estimate of drug-likeness (QED) is 0.817. The van der Waals surface area contributed by atoms with E-state index in [1.165, 1.54) is 22.5 Å². The van der Waals surface area contributed by atoms with E-state index in [9.17, 15) is 9.59 Å². The Morgan fingerprint density at radius 3 is 2.69 bits per heavy atom. The van der Waals surface area contributed by atoms with Gasteiger partial charge in [0, 0.05) is 10.9 Å². The van der Waals surface area contributed by atoms with Gasteiger partial charge in [-0.1, -0.05) is 30.3 Å². The van der Waals surface area contributed by atoms with E-state index in [-0.39, 0.29) is 24.4 Å². The van der Waals surface area contributed by atoms with Gasteiger partial charge in [0.15, 0.2) is 0 Å². The summed E-state index contributed by atoms with van der Waals surface area (Å²) in [4.78, 5) is 27.7. The molecule has 1 aromatic heterocycles. The van der Waals surface area contributed by atoms with Crippen LogP contribution in [0.5, 0.6) is 0 Å². The maximum absolute atomic E-state index is 13.2. The van der Waals surface area contributed by atoms with Crippen LogP contribution in [0.3, 0.4) is 0 Å². The lowest BCUT2D eigenvalue weighted by molar-refractivity contribution is -0.134. The Hall–Kier alpha value is -2.34. The molecule has 3 amide bonds. The lowest BCUT2D eigenvalue weighted by Gasteiger charge is -2.31. The van der Waals surface area contributed by atoms with Crippen molar-refractivity contribution in [1.82, 2.24) is 10.2 Å². The van der Waals surface area contributed by atoms with E-state index < -0.39 is 6.03 Å². The summed E-state index contributed by atoms with van der Waals surface area (Å²) in [6.07, 6.45) is 4.38. The average molecular weight is 369 g/mol. The summed E-state index contributed by atoms with van der Waals surface area (Å²) in [5.74, 6) is 0.0985. The molecular formula is C20H23N3O2S. The molecule has 1 fully saturated rings. The zero-order valence-corrected chi connectivity index (χ0v) is 15.4. The lowest BCUT2D eigenvalue weighted by atomic mass is 10.0. The molecule has 3 N–H and O–H groups in total. The van der Waals surface area contributed by atoms with E-state index in [2.05, 4.69) is 34.5 Å². The van der Waals surface area contributed by atoms with Gasteiger partial charge in [-0.2, -0.15) is 0 Å². The van der Waals surface area contributed by atoms with Gasteiger partial charge in [0.05, 0.1) is 18.5 Å². The minimum atomic E-state index is -0.597. The molecule has 5 nitrogen and oxygen atoms in total. The summed E-state index contributed by atoms with van der Waals surface area (Å²) < 4.78 is 0. The first kappa shape index (κ1) is 17.1. The van der Waals surface area contributed by atoms with Crippen LogP contribution in [0.4, 0.5) is 4.79 Å². The number of urea groups is 1. The Morgan fingerprint density at radius 1 is 1.19 bits per heavy atom. The zero-order valence-electron chi connectivity index (χ0n) is 14.6. The average Bonchev–Trinajstić information content (AvgIpc) is 3.13. The number of rotatable bonds is 6. The molecule has 1 aromatic carbocycles. The molecule has 0 saturated heterocycles. The molecule has 0 bridgehead atoms. The van der Waals surface area contributed by atoms with Gasteiger partial charge in [-0.25, -0.2) is 4.79 Å². The summed E-state index contributed by atoms with van der Waals surface area (Å²) in [6.45, 7) is 0. The minimum Gasteiger partial charge on any atom is -0.352 e. The Kier molecular flexibility index (Phi) is 4.68. The van der Waals surface area contributed by atoms with Crippen LogP contribution < -0.4 is 11.1 Å². The number of thiophene rings is 1. The molecule has 6 heteroatoms. The number of hydrogen-bond donors (Lipinski definition) is 2. The minimum absolute atomic E-state index is 0.0985. The zero-order chi connectivity index (χ0) is 18.1. The Labute approximate surface area is 157 Å². The summed E-state index contributed by atoms with van der Waals surface area (Å²) >= 11 is 1.53. The highest BCUT2D eigenvalue weighted by atomic mass is 32.1. The SMILES string of the molecule is NC(=O)NC(CC(=O)N(C1CC1)C1CCc2ccccc21)c1cccs1. The summed E-state index contributed by atoms with van der Waals surface area (Å²) in [6, 6.07) is 11.8. The van der Waals surface area contributed by atoms with Crippen molar-refractivity contribution in [2.45, 2.75) is 50.2 Å². The van der Waals surface area contributed by atoms with Crippen molar-refractivity contribution in [3.8, 4) is 0 Å². The molecule has 26 heavy (non-hydrogen) atoms. The molecule has 0 radical (unpaired) electrons. The van der Waals surface area contributed by atoms with Gasteiger partial charge < -0.3 is 16.0 Å². The molecule has 2 atom stereocenters. The number of hydrogen-bond acceptors (Lipinski definition) is 3. The molecule has 2 unspecified atom stereocenters. The van der Waals surface area contributed by atoms with Crippen LogP contribution in [0, 0.1) is 0 Å². The van der Waals surface area contributed by atoms with Crippen LogP contribution in [-0.4, -0.2) is 22.9 Å². The van der Waals surface area contributed by atoms with Crippen LogP contribution in [0.1, 0.15) is 53.8 Å². The fourth-order valence-electron chi connectivity index (χ4n) is 3.97. The van der Waals surface area contributed by atoms with Gasteiger partial charge in [-0.05, 0) is 48.3 Å². The van der Waals surface area contributed by atoms with E-state index >= 15 is 0 Å². The van der Waals surface area contributed by atoms with Crippen molar-refractivity contribution in [3.05, 3.63) is 57.8 Å². The molecule has 4 rings (SSSR count). The molecule has 0 spiro atoms. The Bertz CT molecular complexity index is 801. The fraction of sp³-hybridized carbons (Fsp3) is 0.400. The molecular weight excluding hydrogens is 346 g/mol. The first-order valence-electron chi connectivity index (χ1n) is 9.12. The van der Waals surface area contributed by atoms with Crippen molar-refractivity contribution in [1.29, 1.82) is 0 Å². The third-order valence-electron chi connectivity index (χ3n) is 5.25. The van der Waals surface area contributed by atoms with E-state index in [1.807, 2.05) is 17.5 Å². The number of primary amides is 1. The van der Waals surface area contributed by atoms with E-state index in [0.717, 1.165) is 30.6 Å². The normalized spacial score (nSPS) is 19.6. The number of amides is 3. The van der Waals surface area contributed by atoms with Crippen LogP contribution in [-0.2, 0) is 11.2 Å². The number of carbonyl (C=O) groups is 2. The number of aryl methyl sites for hydroxylation is 1. The van der Waals surface area contributed by atoms with E-state index in [1.54, 1.807) is 0 Å². The molecule has 0 aliphatic heterocycles. The van der Waals surface area contributed by atoms with E-state index in [0.29, 0.717) is 6.04 Å². The smallest absolute Gasteiger partial charge is 0.312 e. The Morgan fingerprint density at radius 2 is 2.00 bits per heavy atom. The van der Waals surface area contributed by atoms with Crippen molar-refractivity contribution in [2.75, 3.05) is 0 Å². The summed E-state index contributed by atoms with van der Waals surface area (Å²) in [5.41, 5.74) is 7.97. The number of nitrogens with zero attached hydrogens (tertiary/aromatic N) is 1. The van der Waals surface area contributed by atoms with Gasteiger partial charge in [0.25, 0.3) is 0 Å². The maximum Gasteiger partial charge on any atom is 0.312 e. The highest BCUT2D eigenvalue weighted by Gasteiger charge is 2.40. The molecule has 2 aromatic rings. The largest absolute Gasteiger partial charge is 0.352 e. The molecule has 2 aliphatic carbocycles.